The lowest BCUT2D eigenvalue weighted by molar-refractivity contribution is -0.149. The van der Waals surface area contributed by atoms with Gasteiger partial charge in [-0.3, -0.25) is 9.59 Å². The number of carbonyl (C=O) groups excluding carboxylic acids is 2. The maximum absolute atomic E-state index is 13.3. The third-order valence-corrected chi connectivity index (χ3v) is 5.42. The molecule has 0 aromatic carbocycles. The summed E-state index contributed by atoms with van der Waals surface area (Å²) in [6.07, 6.45) is -13.3. The number of anilines is 1. The van der Waals surface area contributed by atoms with Crippen LogP contribution < -0.4 is 16.4 Å². The third-order valence-electron chi connectivity index (χ3n) is 5.42. The van der Waals surface area contributed by atoms with Crippen LogP contribution in [0.25, 0.3) is 0 Å². The number of hydrogen-bond acceptors (Lipinski definition) is 4. The van der Waals surface area contributed by atoms with Crippen LogP contribution in [0.1, 0.15) is 56.6 Å². The summed E-state index contributed by atoms with van der Waals surface area (Å²) in [5.74, 6) is -5.56. The lowest BCUT2D eigenvalue weighted by Crippen LogP contribution is -2.44. The quantitative estimate of drug-likeness (QED) is 0.450. The molecule has 1 aromatic rings. The number of amides is 2. The van der Waals surface area contributed by atoms with Crippen LogP contribution in [-0.4, -0.2) is 41.1 Å². The highest BCUT2D eigenvalue weighted by Crippen LogP contribution is 2.37. The Morgan fingerprint density at radius 2 is 1.74 bits per heavy atom. The number of nitrogens with one attached hydrogen (secondary N) is 2. The van der Waals surface area contributed by atoms with Crippen molar-refractivity contribution in [3.63, 3.8) is 0 Å². The Hall–Kier alpha value is -2.51. The molecule has 2 rings (SSSR count). The standard InChI is InChI=1S/C20H24F8N4O2/c21-18(22)5-1-11(2-6-18)16(29)17(34)32-14-9-12(4-8-30-14)13(10-20(26,27)28)31-15(33)3-7-19(23,24)25/h4,8-9,11,13,16H,1-3,5-7,10,29H2,(H,31,33)(H,30,32,34)/t13?,16-/m1/s1. The molecule has 1 saturated carbocycles. The van der Waals surface area contributed by atoms with E-state index in [-0.39, 0.29) is 24.2 Å². The van der Waals surface area contributed by atoms with Crippen LogP contribution in [0, 0.1) is 5.92 Å². The van der Waals surface area contributed by atoms with E-state index in [1.54, 1.807) is 0 Å². The molecule has 2 atom stereocenters. The Morgan fingerprint density at radius 3 is 2.29 bits per heavy atom. The largest absolute Gasteiger partial charge is 0.391 e. The summed E-state index contributed by atoms with van der Waals surface area (Å²) in [7, 11) is 0. The van der Waals surface area contributed by atoms with Gasteiger partial charge in [-0.2, -0.15) is 26.3 Å². The van der Waals surface area contributed by atoms with E-state index in [0.717, 1.165) is 18.3 Å². The fourth-order valence-corrected chi connectivity index (χ4v) is 3.58. The van der Waals surface area contributed by atoms with Gasteiger partial charge in [-0.05, 0) is 36.5 Å². The normalized spacial score (nSPS) is 18.7. The van der Waals surface area contributed by atoms with Gasteiger partial charge in [0.1, 0.15) is 5.82 Å². The minimum Gasteiger partial charge on any atom is -0.349 e. The number of rotatable bonds is 8. The van der Waals surface area contributed by atoms with Crippen molar-refractivity contribution in [2.45, 2.75) is 75.3 Å². The maximum atomic E-state index is 13.3. The van der Waals surface area contributed by atoms with E-state index >= 15 is 0 Å². The first kappa shape index (κ1) is 27.7. The van der Waals surface area contributed by atoms with Crippen molar-refractivity contribution in [2.24, 2.45) is 11.7 Å². The summed E-state index contributed by atoms with van der Waals surface area (Å²) in [5, 5.41) is 4.24. The molecule has 2 amide bonds. The topological polar surface area (TPSA) is 97.1 Å². The SMILES string of the molecule is N[C@@H](C(=O)Nc1cc(C(CC(F)(F)F)NC(=O)CCC(F)(F)F)ccn1)C1CCC(F)(F)CC1. The van der Waals surface area contributed by atoms with Crippen LogP contribution in [-0.2, 0) is 9.59 Å². The van der Waals surface area contributed by atoms with Gasteiger partial charge in [0, 0.05) is 25.5 Å². The van der Waals surface area contributed by atoms with Gasteiger partial charge in [0.05, 0.1) is 24.9 Å². The third kappa shape index (κ3) is 9.39. The molecule has 0 aliphatic heterocycles. The number of halogens is 8. The number of nitrogens with zero attached hydrogens (tertiary/aromatic N) is 1. The predicted octanol–water partition coefficient (Wildman–Crippen LogP) is 4.63. The molecule has 192 valence electrons. The van der Waals surface area contributed by atoms with E-state index in [1.807, 2.05) is 5.32 Å². The molecule has 0 radical (unpaired) electrons. The Kier molecular flexibility index (Phi) is 8.83. The van der Waals surface area contributed by atoms with Crippen molar-refractivity contribution >= 4 is 17.6 Å². The smallest absolute Gasteiger partial charge is 0.349 e. The summed E-state index contributed by atoms with van der Waals surface area (Å²) in [6.45, 7) is 0. The fourth-order valence-electron chi connectivity index (χ4n) is 3.58. The van der Waals surface area contributed by atoms with Gasteiger partial charge >= 0.3 is 12.4 Å². The first-order valence-electron chi connectivity index (χ1n) is 10.4. The molecule has 0 saturated heterocycles. The number of hydrogen-bond donors (Lipinski definition) is 3. The number of aromatic nitrogens is 1. The second-order valence-electron chi connectivity index (χ2n) is 8.24. The van der Waals surface area contributed by atoms with Gasteiger partial charge in [-0.25, -0.2) is 13.8 Å². The molecule has 1 aliphatic carbocycles. The van der Waals surface area contributed by atoms with Crippen molar-refractivity contribution in [2.75, 3.05) is 5.32 Å². The summed E-state index contributed by atoms with van der Waals surface area (Å²) < 4.78 is 103. The summed E-state index contributed by atoms with van der Waals surface area (Å²) in [6, 6.07) is -0.748. The summed E-state index contributed by atoms with van der Waals surface area (Å²) in [4.78, 5) is 28.0. The lowest BCUT2D eigenvalue weighted by Gasteiger charge is -2.31. The van der Waals surface area contributed by atoms with E-state index in [9.17, 15) is 44.7 Å². The van der Waals surface area contributed by atoms with E-state index in [4.69, 9.17) is 5.73 Å². The monoisotopic (exact) mass is 504 g/mol. The van der Waals surface area contributed by atoms with Crippen LogP contribution in [0.4, 0.5) is 40.9 Å². The number of alkyl halides is 8. The molecule has 34 heavy (non-hydrogen) atoms. The second kappa shape index (κ2) is 10.8. The van der Waals surface area contributed by atoms with Crippen LogP contribution in [0.15, 0.2) is 18.3 Å². The fraction of sp³-hybridized carbons (Fsp3) is 0.650. The number of carbonyl (C=O) groups is 2. The molecule has 1 aliphatic rings. The Balaban J connectivity index is 2.09. The zero-order valence-corrected chi connectivity index (χ0v) is 17.8. The molecule has 0 spiro atoms. The van der Waals surface area contributed by atoms with Crippen LogP contribution in [0.5, 0.6) is 0 Å². The first-order valence-corrected chi connectivity index (χ1v) is 10.4. The minimum absolute atomic E-state index is 0.0205. The van der Waals surface area contributed by atoms with Gasteiger partial charge in [-0.1, -0.05) is 0 Å². The summed E-state index contributed by atoms with van der Waals surface area (Å²) >= 11 is 0. The number of pyridine rings is 1. The zero-order chi connectivity index (χ0) is 25.7. The van der Waals surface area contributed by atoms with Crippen molar-refractivity contribution < 1.29 is 44.7 Å². The maximum Gasteiger partial charge on any atom is 0.391 e. The van der Waals surface area contributed by atoms with Crippen LogP contribution in [0.2, 0.25) is 0 Å². The highest BCUT2D eigenvalue weighted by Gasteiger charge is 2.39. The van der Waals surface area contributed by atoms with Crippen molar-refractivity contribution in [3.05, 3.63) is 23.9 Å². The van der Waals surface area contributed by atoms with Gasteiger partial charge in [0.25, 0.3) is 0 Å². The van der Waals surface area contributed by atoms with Crippen LogP contribution in [0.3, 0.4) is 0 Å². The Morgan fingerprint density at radius 1 is 1.12 bits per heavy atom. The van der Waals surface area contributed by atoms with E-state index in [1.165, 1.54) is 0 Å². The van der Waals surface area contributed by atoms with Gasteiger partial charge in [0.15, 0.2) is 0 Å². The summed E-state index contributed by atoms with van der Waals surface area (Å²) in [5.41, 5.74) is 5.70. The van der Waals surface area contributed by atoms with Crippen molar-refractivity contribution in [3.8, 4) is 0 Å². The van der Waals surface area contributed by atoms with E-state index < -0.39 is 80.2 Å². The molecule has 14 heteroatoms. The first-order chi connectivity index (χ1) is 15.5. The zero-order valence-electron chi connectivity index (χ0n) is 17.8. The molecule has 1 aromatic heterocycles. The van der Waals surface area contributed by atoms with Gasteiger partial charge in [-0.15, -0.1) is 0 Å². The predicted molar refractivity (Wildman–Crippen MR) is 105 cm³/mol. The van der Waals surface area contributed by atoms with Crippen molar-refractivity contribution in [1.82, 2.24) is 10.3 Å². The highest BCUT2D eigenvalue weighted by molar-refractivity contribution is 5.94. The van der Waals surface area contributed by atoms with E-state index in [0.29, 0.717) is 0 Å². The molecule has 1 unspecified atom stereocenters. The average molecular weight is 504 g/mol. The molecule has 1 heterocycles. The minimum atomic E-state index is -4.76. The van der Waals surface area contributed by atoms with Gasteiger partial charge in [0.2, 0.25) is 17.7 Å². The van der Waals surface area contributed by atoms with Crippen molar-refractivity contribution in [1.29, 1.82) is 0 Å². The molecule has 6 nitrogen and oxygen atoms in total. The molecule has 0 bridgehead atoms. The van der Waals surface area contributed by atoms with Gasteiger partial charge < -0.3 is 16.4 Å². The highest BCUT2D eigenvalue weighted by atomic mass is 19.4. The number of nitrogens with two attached hydrogens (primary N) is 1. The van der Waals surface area contributed by atoms with E-state index in [2.05, 4.69) is 10.3 Å². The molecular formula is C20H24F8N4O2. The average Bonchev–Trinajstić information content (AvgIpc) is 2.70. The van der Waals surface area contributed by atoms with Crippen LogP contribution >= 0.6 is 0 Å². The molecular weight excluding hydrogens is 480 g/mol. The Bertz CT molecular complexity index is 850. The Labute approximate surface area is 189 Å². The second-order valence-corrected chi connectivity index (χ2v) is 8.24. The molecule has 1 fully saturated rings. The molecule has 4 N–H and O–H groups in total. The lowest BCUT2D eigenvalue weighted by atomic mass is 9.82.